The fourth-order valence-corrected chi connectivity index (χ4v) is 1.41. The van der Waals surface area contributed by atoms with Crippen LogP contribution in [-0.2, 0) is 0 Å². The van der Waals surface area contributed by atoms with Gasteiger partial charge in [-0.05, 0) is 23.9 Å². The second-order valence-electron chi connectivity index (χ2n) is 2.06. The zero-order valence-electron chi connectivity index (χ0n) is 6.54. The maximum Gasteiger partial charge on any atom is 0.189 e. The van der Waals surface area contributed by atoms with Crippen molar-refractivity contribution in [3.05, 3.63) is 30.7 Å². The van der Waals surface area contributed by atoms with Crippen LogP contribution in [0.5, 0.6) is 0 Å². The number of nitrogens with zero attached hydrogens (tertiary/aromatic N) is 3. The summed E-state index contributed by atoms with van der Waals surface area (Å²) in [6.07, 6.45) is 3.23. The number of hydrogen-bond acceptors (Lipinski definition) is 4. The van der Waals surface area contributed by atoms with Crippen LogP contribution in [0.4, 0.5) is 0 Å². The Morgan fingerprint density at radius 2 is 2.15 bits per heavy atom. The van der Waals surface area contributed by atoms with E-state index in [2.05, 4.69) is 20.2 Å². The minimum Gasteiger partial charge on any atom is -0.254 e. The van der Waals surface area contributed by atoms with Crippen molar-refractivity contribution in [2.45, 2.75) is 10.2 Å². The molecule has 0 atom stereocenters. The molecule has 4 nitrogen and oxygen atoms in total. The number of pyridine rings is 1. The van der Waals surface area contributed by atoms with Crippen LogP contribution in [0.2, 0.25) is 0 Å². The van der Waals surface area contributed by atoms with Gasteiger partial charge in [0.25, 0.3) is 0 Å². The predicted molar refractivity (Wildman–Crippen MR) is 55.1 cm³/mol. The van der Waals surface area contributed by atoms with Gasteiger partial charge >= 0.3 is 0 Å². The molecule has 2 heterocycles. The SMILES string of the molecule is Br.c1ccc(Sc2ncn[nH]2)nc1. The van der Waals surface area contributed by atoms with E-state index in [-0.39, 0.29) is 17.0 Å². The zero-order chi connectivity index (χ0) is 8.23. The second kappa shape index (κ2) is 4.98. The van der Waals surface area contributed by atoms with Crippen molar-refractivity contribution in [3.8, 4) is 0 Å². The molecule has 0 aliphatic rings. The number of aromatic amines is 1. The van der Waals surface area contributed by atoms with Crippen LogP contribution in [-0.4, -0.2) is 20.2 Å². The summed E-state index contributed by atoms with van der Waals surface area (Å²) in [5, 5.41) is 8.15. The number of H-pyrrole nitrogens is 1. The van der Waals surface area contributed by atoms with E-state index in [0.717, 1.165) is 10.2 Å². The molecular formula is C7H7BrN4S. The normalized spacial score (nSPS) is 9.23. The van der Waals surface area contributed by atoms with Crippen LogP contribution < -0.4 is 0 Å². The number of halogens is 1. The standard InChI is InChI=1S/C7H6N4S.BrH/c1-2-4-8-6(3-1)12-7-9-5-10-11-7;/h1-5H,(H,9,10,11);1H. The molecule has 13 heavy (non-hydrogen) atoms. The van der Waals surface area contributed by atoms with E-state index in [0.29, 0.717) is 0 Å². The van der Waals surface area contributed by atoms with Gasteiger partial charge in [0.05, 0.1) is 0 Å². The number of nitrogens with one attached hydrogen (secondary N) is 1. The lowest BCUT2D eigenvalue weighted by molar-refractivity contribution is 0.967. The zero-order valence-corrected chi connectivity index (χ0v) is 9.07. The first-order valence-corrected chi connectivity index (χ1v) is 4.21. The molecule has 0 radical (unpaired) electrons. The van der Waals surface area contributed by atoms with Gasteiger partial charge in [0.2, 0.25) is 0 Å². The Morgan fingerprint density at radius 3 is 2.77 bits per heavy atom. The van der Waals surface area contributed by atoms with Crippen molar-refractivity contribution in [1.82, 2.24) is 20.2 Å². The third kappa shape index (κ3) is 2.82. The lowest BCUT2D eigenvalue weighted by atomic mass is 10.5. The Hall–Kier alpha value is -0.880. The molecule has 0 unspecified atom stereocenters. The van der Waals surface area contributed by atoms with Gasteiger partial charge in [-0.15, -0.1) is 17.0 Å². The topological polar surface area (TPSA) is 54.5 Å². The average molecular weight is 259 g/mol. The van der Waals surface area contributed by atoms with Crippen LogP contribution in [0.25, 0.3) is 0 Å². The Labute approximate surface area is 90.0 Å². The van der Waals surface area contributed by atoms with Crippen molar-refractivity contribution < 1.29 is 0 Å². The summed E-state index contributed by atoms with van der Waals surface area (Å²) in [6.45, 7) is 0. The van der Waals surface area contributed by atoms with Gasteiger partial charge in [0, 0.05) is 6.20 Å². The monoisotopic (exact) mass is 258 g/mol. The van der Waals surface area contributed by atoms with Gasteiger partial charge in [-0.25, -0.2) is 9.97 Å². The minimum absolute atomic E-state index is 0. The molecule has 0 spiro atoms. The molecule has 68 valence electrons. The van der Waals surface area contributed by atoms with Crippen LogP contribution in [0, 0.1) is 0 Å². The predicted octanol–water partition coefficient (Wildman–Crippen LogP) is 1.93. The fourth-order valence-electron chi connectivity index (χ4n) is 0.750. The maximum atomic E-state index is 4.13. The van der Waals surface area contributed by atoms with E-state index >= 15 is 0 Å². The lowest BCUT2D eigenvalue weighted by Crippen LogP contribution is -1.78. The molecule has 0 aliphatic carbocycles. The molecule has 6 heteroatoms. The summed E-state index contributed by atoms with van der Waals surface area (Å²) in [7, 11) is 0. The lowest BCUT2D eigenvalue weighted by Gasteiger charge is -1.93. The molecule has 0 aromatic carbocycles. The third-order valence-electron chi connectivity index (χ3n) is 1.23. The molecule has 2 rings (SSSR count). The first kappa shape index (κ1) is 10.2. The average Bonchev–Trinajstić information content (AvgIpc) is 2.59. The van der Waals surface area contributed by atoms with E-state index in [1.165, 1.54) is 18.1 Å². The van der Waals surface area contributed by atoms with Crippen LogP contribution in [0.1, 0.15) is 0 Å². The van der Waals surface area contributed by atoms with E-state index in [4.69, 9.17) is 0 Å². The third-order valence-corrected chi connectivity index (χ3v) is 2.07. The van der Waals surface area contributed by atoms with Gasteiger partial charge in [-0.2, -0.15) is 5.10 Å². The van der Waals surface area contributed by atoms with Crippen molar-refractivity contribution in [2.24, 2.45) is 0 Å². The van der Waals surface area contributed by atoms with Crippen molar-refractivity contribution in [3.63, 3.8) is 0 Å². The molecule has 0 aliphatic heterocycles. The summed E-state index contributed by atoms with van der Waals surface area (Å²) in [6, 6.07) is 5.74. The van der Waals surface area contributed by atoms with Crippen LogP contribution in [0.15, 0.2) is 40.9 Å². The van der Waals surface area contributed by atoms with E-state index in [1.54, 1.807) is 6.20 Å². The van der Waals surface area contributed by atoms with Gasteiger partial charge in [-0.1, -0.05) is 6.07 Å². The molecule has 0 saturated carbocycles. The molecule has 0 fully saturated rings. The summed E-state index contributed by atoms with van der Waals surface area (Å²) in [5.41, 5.74) is 0. The number of rotatable bonds is 2. The van der Waals surface area contributed by atoms with E-state index in [1.807, 2.05) is 18.2 Å². The highest BCUT2D eigenvalue weighted by Crippen LogP contribution is 2.20. The number of hydrogen-bond donors (Lipinski definition) is 1. The largest absolute Gasteiger partial charge is 0.254 e. The van der Waals surface area contributed by atoms with Gasteiger partial charge < -0.3 is 0 Å². The highest BCUT2D eigenvalue weighted by Gasteiger charge is 1.98. The van der Waals surface area contributed by atoms with Crippen molar-refractivity contribution in [2.75, 3.05) is 0 Å². The first-order valence-electron chi connectivity index (χ1n) is 3.39. The van der Waals surface area contributed by atoms with E-state index < -0.39 is 0 Å². The Balaban J connectivity index is 0.000000845. The van der Waals surface area contributed by atoms with Crippen LogP contribution in [0.3, 0.4) is 0 Å². The molecule has 2 aromatic heterocycles. The highest BCUT2D eigenvalue weighted by molar-refractivity contribution is 8.93. The summed E-state index contributed by atoms with van der Waals surface area (Å²) in [5.74, 6) is 0. The highest BCUT2D eigenvalue weighted by atomic mass is 79.9. The Bertz CT molecular complexity index is 337. The molecule has 0 saturated heterocycles. The molecule has 1 N–H and O–H groups in total. The smallest absolute Gasteiger partial charge is 0.189 e. The van der Waals surface area contributed by atoms with Crippen LogP contribution >= 0.6 is 28.7 Å². The first-order chi connectivity index (χ1) is 5.95. The quantitative estimate of drug-likeness (QED) is 0.895. The van der Waals surface area contributed by atoms with Crippen molar-refractivity contribution in [1.29, 1.82) is 0 Å². The fraction of sp³-hybridized carbons (Fsp3) is 0. The van der Waals surface area contributed by atoms with Crippen molar-refractivity contribution >= 4 is 28.7 Å². The molecular weight excluding hydrogens is 252 g/mol. The van der Waals surface area contributed by atoms with E-state index in [9.17, 15) is 0 Å². The maximum absolute atomic E-state index is 4.13. The Kier molecular flexibility index (Phi) is 3.91. The number of aromatic nitrogens is 4. The summed E-state index contributed by atoms with van der Waals surface area (Å²) >= 11 is 1.45. The van der Waals surface area contributed by atoms with Gasteiger partial charge in [0.1, 0.15) is 11.4 Å². The molecule has 2 aromatic rings. The second-order valence-corrected chi connectivity index (χ2v) is 3.07. The summed E-state index contributed by atoms with van der Waals surface area (Å²) in [4.78, 5) is 8.10. The molecule has 0 amide bonds. The summed E-state index contributed by atoms with van der Waals surface area (Å²) < 4.78 is 0. The van der Waals surface area contributed by atoms with Gasteiger partial charge in [0.15, 0.2) is 5.16 Å². The van der Waals surface area contributed by atoms with Gasteiger partial charge in [-0.3, -0.25) is 5.10 Å². The Morgan fingerprint density at radius 1 is 1.23 bits per heavy atom. The minimum atomic E-state index is 0. The molecule has 0 bridgehead atoms.